The van der Waals surface area contributed by atoms with Gasteiger partial charge in [0, 0.05) is 10.8 Å². The van der Waals surface area contributed by atoms with E-state index in [1.165, 1.54) is 0 Å². The molecule has 1 aromatic heterocycles. The van der Waals surface area contributed by atoms with Crippen molar-refractivity contribution in [2.45, 2.75) is 0 Å². The standard InChI is InChI=1S/C42H26O/c1-2-12-27(13-3-1)40-33-15-4-6-17-35(33)41(36-18-7-5-16-34(36)40)29-24-25-30-28(26-29)14-10-20-31(30)32-21-11-23-39-42(32)37-19-8-9-22-38(37)43-39/h1-26H/i1D,2D,3D,4D,5D,6D,7D,8D,9D,10D,11D,12D,13D,14D,15D,16D,17D,18D,19D,20D,21D,22D,23D,24D,25D,26D. The van der Waals surface area contributed by atoms with Crippen LogP contribution in [0.3, 0.4) is 0 Å². The molecule has 200 valence electrons. The van der Waals surface area contributed by atoms with Gasteiger partial charge in [0.15, 0.2) is 0 Å². The molecular weight excluding hydrogens is 520 g/mol. The first-order chi connectivity index (χ1) is 32.2. The van der Waals surface area contributed by atoms with Gasteiger partial charge in [-0.15, -0.1) is 0 Å². The molecule has 0 aliphatic rings. The summed E-state index contributed by atoms with van der Waals surface area (Å²) in [5.74, 6) is 0. The molecule has 0 fully saturated rings. The fraction of sp³-hybridized carbons (Fsp3) is 0. The first-order valence-electron chi connectivity index (χ1n) is 25.7. The van der Waals surface area contributed by atoms with Crippen LogP contribution in [0.1, 0.15) is 35.6 Å². The second kappa shape index (κ2) is 9.44. The summed E-state index contributed by atoms with van der Waals surface area (Å²) >= 11 is 0. The molecule has 0 amide bonds. The van der Waals surface area contributed by atoms with Crippen molar-refractivity contribution >= 4 is 54.3 Å². The van der Waals surface area contributed by atoms with E-state index in [2.05, 4.69) is 0 Å². The summed E-state index contributed by atoms with van der Waals surface area (Å²) in [6.07, 6.45) is 0. The molecule has 8 aromatic carbocycles. The Kier molecular flexibility index (Phi) is 2.13. The molecule has 0 radical (unpaired) electrons. The Bertz CT molecular complexity index is 3860. The quantitative estimate of drug-likeness (QED) is 0.192. The molecule has 0 bridgehead atoms. The monoisotopic (exact) mass is 572 g/mol. The van der Waals surface area contributed by atoms with Gasteiger partial charge in [0.05, 0.1) is 35.6 Å². The summed E-state index contributed by atoms with van der Waals surface area (Å²) in [6.45, 7) is 0. The van der Waals surface area contributed by atoms with Crippen LogP contribution in [-0.4, -0.2) is 0 Å². The SMILES string of the molecule is [2H]c1c([2H])c([2H])c(-c2c3c([2H])c([2H])c([2H])c([2H])c3c(-c3c([2H])c([2H])c4c(-c5c([2H])c([2H])c([2H])c6oc7c([2H])c([2H])c([2H])c([2H])c7c56)c([2H])c([2H])c([2H])c4c3[2H])c3c([2H])c([2H])c([2H])c([2H])c23)c([2H])c1[2H]. The Labute approximate surface area is 285 Å². The number of hydrogen-bond donors (Lipinski definition) is 0. The molecule has 0 aliphatic carbocycles. The summed E-state index contributed by atoms with van der Waals surface area (Å²) in [6, 6.07) is -23.7. The minimum Gasteiger partial charge on any atom is -0.456 e. The highest BCUT2D eigenvalue weighted by molar-refractivity contribution is 6.22. The maximum atomic E-state index is 9.83. The highest BCUT2D eigenvalue weighted by Crippen LogP contribution is 2.45. The van der Waals surface area contributed by atoms with Crippen LogP contribution in [0.4, 0.5) is 0 Å². The highest BCUT2D eigenvalue weighted by atomic mass is 16.3. The van der Waals surface area contributed by atoms with Crippen molar-refractivity contribution in [2.75, 3.05) is 0 Å². The largest absolute Gasteiger partial charge is 0.456 e. The first kappa shape index (κ1) is 9.69. The minimum absolute atomic E-state index is 0.428. The van der Waals surface area contributed by atoms with Crippen molar-refractivity contribution in [3.05, 3.63) is 157 Å². The normalized spacial score (nSPS) is 20.2. The average molecular weight is 573 g/mol. The second-order valence-electron chi connectivity index (χ2n) is 9.26. The summed E-state index contributed by atoms with van der Waals surface area (Å²) in [7, 11) is 0. The minimum atomic E-state index is -1.06. The van der Waals surface area contributed by atoms with E-state index < -0.39 is 245 Å². The first-order valence-corrected chi connectivity index (χ1v) is 12.7. The Morgan fingerprint density at radius 2 is 0.930 bits per heavy atom. The lowest BCUT2D eigenvalue weighted by Gasteiger charge is -2.18. The third kappa shape index (κ3) is 3.65. The summed E-state index contributed by atoms with van der Waals surface area (Å²) < 4.78 is 238. The molecule has 1 heteroatoms. The molecule has 43 heavy (non-hydrogen) atoms. The topological polar surface area (TPSA) is 13.1 Å². The molecule has 0 saturated carbocycles. The van der Waals surface area contributed by atoms with E-state index in [1.807, 2.05) is 0 Å². The van der Waals surface area contributed by atoms with Gasteiger partial charge in [-0.2, -0.15) is 0 Å². The predicted octanol–water partition coefficient (Wildman–Crippen LogP) is 12.0. The predicted molar refractivity (Wildman–Crippen MR) is 183 cm³/mol. The van der Waals surface area contributed by atoms with Gasteiger partial charge in [0.1, 0.15) is 11.2 Å². The number of benzene rings is 8. The molecule has 0 aliphatic heterocycles. The highest BCUT2D eigenvalue weighted by Gasteiger charge is 2.18. The van der Waals surface area contributed by atoms with Crippen molar-refractivity contribution in [1.82, 2.24) is 0 Å². The van der Waals surface area contributed by atoms with Crippen LogP contribution in [-0.2, 0) is 0 Å². The van der Waals surface area contributed by atoms with Gasteiger partial charge in [-0.3, -0.25) is 0 Å². The summed E-state index contributed by atoms with van der Waals surface area (Å²) in [5, 5.41) is -5.11. The van der Waals surface area contributed by atoms with Crippen LogP contribution in [0, 0.1) is 0 Å². The zero-order chi connectivity index (χ0) is 51.0. The molecule has 9 aromatic rings. The zero-order valence-electron chi connectivity index (χ0n) is 47.4. The molecule has 0 N–H and O–H groups in total. The van der Waals surface area contributed by atoms with Crippen molar-refractivity contribution in [2.24, 2.45) is 0 Å². The third-order valence-corrected chi connectivity index (χ3v) is 7.01. The Morgan fingerprint density at radius 1 is 0.372 bits per heavy atom. The van der Waals surface area contributed by atoms with Crippen molar-refractivity contribution in [1.29, 1.82) is 0 Å². The third-order valence-electron chi connectivity index (χ3n) is 7.01. The number of rotatable bonds is 3. The smallest absolute Gasteiger partial charge is 0.136 e. The summed E-state index contributed by atoms with van der Waals surface area (Å²) in [5.41, 5.74) is -5.34. The van der Waals surface area contributed by atoms with Crippen LogP contribution in [0.25, 0.3) is 87.6 Å². The lowest BCUT2D eigenvalue weighted by molar-refractivity contribution is 0.669. The molecule has 1 heterocycles. The Morgan fingerprint density at radius 3 is 1.65 bits per heavy atom. The Balaban J connectivity index is 1.59. The van der Waals surface area contributed by atoms with E-state index in [9.17, 15) is 12.3 Å². The molecule has 9 rings (SSSR count). The lowest BCUT2D eigenvalue weighted by atomic mass is 9.85. The van der Waals surface area contributed by atoms with Crippen LogP contribution in [0.5, 0.6) is 0 Å². The van der Waals surface area contributed by atoms with Crippen LogP contribution < -0.4 is 0 Å². The van der Waals surface area contributed by atoms with Gasteiger partial charge < -0.3 is 4.42 Å². The lowest BCUT2D eigenvalue weighted by Crippen LogP contribution is -1.91. The molecule has 0 spiro atoms. The van der Waals surface area contributed by atoms with Crippen LogP contribution in [0.15, 0.2) is 162 Å². The second-order valence-corrected chi connectivity index (χ2v) is 9.26. The summed E-state index contributed by atoms with van der Waals surface area (Å²) in [4.78, 5) is 0. The molecule has 0 unspecified atom stereocenters. The van der Waals surface area contributed by atoms with Gasteiger partial charge in [-0.25, -0.2) is 0 Å². The van der Waals surface area contributed by atoms with Gasteiger partial charge >= 0.3 is 0 Å². The number of fused-ring (bicyclic) bond motifs is 6. The molecule has 0 atom stereocenters. The van der Waals surface area contributed by atoms with Gasteiger partial charge in [0.25, 0.3) is 0 Å². The fourth-order valence-electron chi connectivity index (χ4n) is 5.27. The van der Waals surface area contributed by atoms with E-state index in [4.69, 9.17) is 27.7 Å². The van der Waals surface area contributed by atoms with Gasteiger partial charge in [0.2, 0.25) is 0 Å². The van der Waals surface area contributed by atoms with Crippen LogP contribution >= 0.6 is 0 Å². The van der Waals surface area contributed by atoms with Crippen LogP contribution in [0.2, 0.25) is 0 Å². The van der Waals surface area contributed by atoms with Crippen molar-refractivity contribution in [3.63, 3.8) is 0 Å². The Hall–Kier alpha value is -5.66. The molecular formula is C42H26O. The van der Waals surface area contributed by atoms with Gasteiger partial charge in [-0.05, 0) is 83.8 Å². The number of furan rings is 1. The molecule has 1 nitrogen and oxygen atoms in total. The zero-order valence-corrected chi connectivity index (χ0v) is 21.4. The van der Waals surface area contributed by atoms with Crippen molar-refractivity contribution in [3.8, 4) is 33.4 Å². The molecule has 0 saturated heterocycles. The van der Waals surface area contributed by atoms with E-state index in [0.29, 0.717) is 0 Å². The van der Waals surface area contributed by atoms with E-state index in [0.717, 1.165) is 0 Å². The van der Waals surface area contributed by atoms with Crippen molar-refractivity contribution < 1.29 is 40.1 Å². The van der Waals surface area contributed by atoms with E-state index in [1.54, 1.807) is 0 Å². The maximum Gasteiger partial charge on any atom is 0.136 e. The van der Waals surface area contributed by atoms with E-state index in [-0.39, 0.29) is 0 Å². The number of hydrogen-bond acceptors (Lipinski definition) is 1. The van der Waals surface area contributed by atoms with E-state index >= 15 is 0 Å². The van der Waals surface area contributed by atoms with Gasteiger partial charge in [-0.1, -0.05) is 139 Å². The average Bonchev–Trinajstić information content (AvgIpc) is 3.72. The number of para-hydroxylation sites is 1. The maximum absolute atomic E-state index is 9.83. The fourth-order valence-corrected chi connectivity index (χ4v) is 5.27.